The molecular weight excluding hydrogens is 292 g/mol. The van der Waals surface area contributed by atoms with Crippen molar-refractivity contribution < 1.29 is 10.0 Å². The number of nitrogens with one attached hydrogen (secondary N) is 1. The number of hydrogen-bond donors (Lipinski definition) is 2. The van der Waals surface area contributed by atoms with E-state index in [4.69, 9.17) is 11.6 Å². The van der Waals surface area contributed by atoms with Gasteiger partial charge in [0.2, 0.25) is 0 Å². The topological polar surface area (TPSA) is 75.4 Å². The van der Waals surface area contributed by atoms with Crippen molar-refractivity contribution in [3.05, 3.63) is 68.7 Å². The number of rotatable bonds is 5. The van der Waals surface area contributed by atoms with Crippen LogP contribution in [0.2, 0.25) is 5.02 Å². The maximum absolute atomic E-state index is 10.6. The summed E-state index contributed by atoms with van der Waals surface area (Å²) in [7, 11) is 0. The van der Waals surface area contributed by atoms with E-state index in [1.54, 1.807) is 0 Å². The summed E-state index contributed by atoms with van der Waals surface area (Å²) in [6, 6.07) is 11.8. The van der Waals surface area contributed by atoms with Crippen LogP contribution >= 0.6 is 11.6 Å². The first-order valence-electron chi connectivity index (χ1n) is 6.40. The van der Waals surface area contributed by atoms with Gasteiger partial charge < -0.3 is 10.4 Å². The maximum atomic E-state index is 10.6. The highest BCUT2D eigenvalue weighted by Crippen LogP contribution is 2.27. The molecule has 5 nitrogen and oxygen atoms in total. The van der Waals surface area contributed by atoms with Crippen molar-refractivity contribution >= 4 is 23.0 Å². The van der Waals surface area contributed by atoms with Crippen molar-refractivity contribution in [1.82, 2.24) is 0 Å². The van der Waals surface area contributed by atoms with Gasteiger partial charge in [0.15, 0.2) is 0 Å². The number of nitro benzene ring substituents is 1. The Kier molecular flexibility index (Phi) is 4.77. The van der Waals surface area contributed by atoms with Crippen LogP contribution in [0.5, 0.6) is 0 Å². The molecule has 0 spiro atoms. The van der Waals surface area contributed by atoms with Crippen molar-refractivity contribution in [3.8, 4) is 0 Å². The second-order valence-electron chi connectivity index (χ2n) is 4.73. The number of aryl methyl sites for hydroxylation is 1. The van der Waals surface area contributed by atoms with Gasteiger partial charge in [-0.05, 0) is 18.6 Å². The third-order valence-corrected chi connectivity index (χ3v) is 3.39. The van der Waals surface area contributed by atoms with Crippen LogP contribution in [0.25, 0.3) is 0 Å². The average molecular weight is 307 g/mol. The van der Waals surface area contributed by atoms with Crippen LogP contribution in [0.15, 0.2) is 42.5 Å². The summed E-state index contributed by atoms with van der Waals surface area (Å²) in [5.41, 5.74) is 2.36. The zero-order valence-corrected chi connectivity index (χ0v) is 12.2. The number of halogens is 1. The Labute approximate surface area is 127 Å². The highest BCUT2D eigenvalue weighted by Gasteiger charge is 2.11. The lowest BCUT2D eigenvalue weighted by Gasteiger charge is -2.14. The number of nitrogens with zero attached hydrogens (tertiary/aromatic N) is 1. The lowest BCUT2D eigenvalue weighted by atomic mass is 10.1. The van der Waals surface area contributed by atoms with Crippen LogP contribution in [0, 0.1) is 17.0 Å². The Balaban J connectivity index is 2.04. The van der Waals surface area contributed by atoms with E-state index in [1.807, 2.05) is 31.2 Å². The van der Waals surface area contributed by atoms with Gasteiger partial charge in [-0.25, -0.2) is 0 Å². The van der Waals surface area contributed by atoms with Gasteiger partial charge in [-0.3, -0.25) is 10.1 Å². The van der Waals surface area contributed by atoms with Gasteiger partial charge in [-0.15, -0.1) is 0 Å². The summed E-state index contributed by atoms with van der Waals surface area (Å²) in [6.07, 6.45) is -0.684. The predicted octanol–water partition coefficient (Wildman–Crippen LogP) is 3.70. The number of benzene rings is 2. The molecular formula is C15H15ClN2O3. The molecule has 0 bridgehead atoms. The normalized spacial score (nSPS) is 12.0. The summed E-state index contributed by atoms with van der Waals surface area (Å²) in [6.45, 7) is 2.22. The Morgan fingerprint density at radius 2 is 2.10 bits per heavy atom. The van der Waals surface area contributed by atoms with Gasteiger partial charge in [-0.2, -0.15) is 0 Å². The standard InChI is InChI=1S/C15H15ClN2O3/c1-10-3-2-4-11(7-10)15(19)9-17-14-6-5-12(18(20)21)8-13(14)16/h2-8,15,17,19H,9H2,1H3. The number of aliphatic hydroxyl groups is 1. The summed E-state index contributed by atoms with van der Waals surface area (Å²) in [5, 5.41) is 24.0. The molecule has 0 aliphatic carbocycles. The van der Waals surface area contributed by atoms with Crippen LogP contribution in [-0.2, 0) is 0 Å². The molecule has 0 saturated heterocycles. The minimum atomic E-state index is -0.684. The molecule has 0 heterocycles. The van der Waals surface area contributed by atoms with Gasteiger partial charge in [0.1, 0.15) is 0 Å². The van der Waals surface area contributed by atoms with Crippen LogP contribution in [0.4, 0.5) is 11.4 Å². The minimum absolute atomic E-state index is 0.0650. The van der Waals surface area contributed by atoms with Crippen molar-refractivity contribution in [2.24, 2.45) is 0 Å². The molecule has 2 rings (SSSR count). The Morgan fingerprint density at radius 1 is 1.33 bits per heavy atom. The molecule has 21 heavy (non-hydrogen) atoms. The fourth-order valence-corrected chi connectivity index (χ4v) is 2.20. The number of hydrogen-bond acceptors (Lipinski definition) is 4. The first-order chi connectivity index (χ1) is 9.97. The number of aliphatic hydroxyl groups excluding tert-OH is 1. The summed E-state index contributed by atoms with van der Waals surface area (Å²) in [5.74, 6) is 0. The SMILES string of the molecule is Cc1cccc(C(O)CNc2ccc([N+](=O)[O-])cc2Cl)c1. The molecule has 0 amide bonds. The van der Waals surface area contributed by atoms with Gasteiger partial charge in [-0.1, -0.05) is 41.4 Å². The summed E-state index contributed by atoms with van der Waals surface area (Å²) >= 11 is 5.98. The summed E-state index contributed by atoms with van der Waals surface area (Å²) in [4.78, 5) is 10.1. The van der Waals surface area contributed by atoms with Crippen LogP contribution < -0.4 is 5.32 Å². The number of anilines is 1. The third kappa shape index (κ3) is 3.93. The minimum Gasteiger partial charge on any atom is -0.387 e. The van der Waals surface area contributed by atoms with E-state index >= 15 is 0 Å². The van der Waals surface area contributed by atoms with E-state index < -0.39 is 11.0 Å². The highest BCUT2D eigenvalue weighted by atomic mass is 35.5. The lowest BCUT2D eigenvalue weighted by Crippen LogP contribution is -2.12. The molecule has 0 aliphatic heterocycles. The molecule has 2 aromatic rings. The van der Waals surface area contributed by atoms with Crippen molar-refractivity contribution in [2.75, 3.05) is 11.9 Å². The molecule has 0 aliphatic rings. The molecule has 1 unspecified atom stereocenters. The zero-order chi connectivity index (χ0) is 15.4. The van der Waals surface area contributed by atoms with E-state index in [0.29, 0.717) is 5.69 Å². The Morgan fingerprint density at radius 3 is 2.71 bits per heavy atom. The van der Waals surface area contributed by atoms with E-state index in [9.17, 15) is 15.2 Å². The highest BCUT2D eigenvalue weighted by molar-refractivity contribution is 6.33. The molecule has 0 fully saturated rings. The fourth-order valence-electron chi connectivity index (χ4n) is 1.96. The van der Waals surface area contributed by atoms with E-state index in [2.05, 4.69) is 5.32 Å². The molecule has 2 aromatic carbocycles. The quantitative estimate of drug-likeness (QED) is 0.652. The van der Waals surface area contributed by atoms with Gasteiger partial charge in [0.25, 0.3) is 5.69 Å². The average Bonchev–Trinajstić information content (AvgIpc) is 2.45. The molecule has 0 saturated carbocycles. The Bertz CT molecular complexity index is 661. The summed E-state index contributed by atoms with van der Waals surface area (Å²) < 4.78 is 0. The van der Waals surface area contributed by atoms with Crippen LogP contribution in [-0.4, -0.2) is 16.6 Å². The molecule has 0 radical (unpaired) electrons. The van der Waals surface area contributed by atoms with Gasteiger partial charge >= 0.3 is 0 Å². The molecule has 2 N–H and O–H groups in total. The van der Waals surface area contributed by atoms with E-state index in [-0.39, 0.29) is 17.3 Å². The monoisotopic (exact) mass is 306 g/mol. The predicted molar refractivity (Wildman–Crippen MR) is 82.7 cm³/mol. The van der Waals surface area contributed by atoms with Crippen LogP contribution in [0.3, 0.4) is 0 Å². The van der Waals surface area contributed by atoms with E-state index in [1.165, 1.54) is 18.2 Å². The zero-order valence-electron chi connectivity index (χ0n) is 11.4. The van der Waals surface area contributed by atoms with Gasteiger partial charge in [0, 0.05) is 18.7 Å². The molecule has 110 valence electrons. The smallest absolute Gasteiger partial charge is 0.271 e. The van der Waals surface area contributed by atoms with Crippen LogP contribution in [0.1, 0.15) is 17.2 Å². The molecule has 0 aromatic heterocycles. The molecule has 1 atom stereocenters. The van der Waals surface area contributed by atoms with Crippen molar-refractivity contribution in [2.45, 2.75) is 13.0 Å². The molecule has 6 heteroatoms. The van der Waals surface area contributed by atoms with E-state index in [0.717, 1.165) is 11.1 Å². The number of nitro groups is 1. The fraction of sp³-hybridized carbons (Fsp3) is 0.200. The van der Waals surface area contributed by atoms with Crippen molar-refractivity contribution in [1.29, 1.82) is 0 Å². The number of non-ortho nitro benzene ring substituents is 1. The largest absolute Gasteiger partial charge is 0.387 e. The first-order valence-corrected chi connectivity index (χ1v) is 6.77. The van der Waals surface area contributed by atoms with Gasteiger partial charge in [0.05, 0.1) is 21.7 Å². The second-order valence-corrected chi connectivity index (χ2v) is 5.14. The van der Waals surface area contributed by atoms with Crippen molar-refractivity contribution in [3.63, 3.8) is 0 Å². The second kappa shape index (κ2) is 6.56. The maximum Gasteiger partial charge on any atom is 0.271 e. The lowest BCUT2D eigenvalue weighted by molar-refractivity contribution is -0.384. The Hall–Kier alpha value is -2.11. The first kappa shape index (κ1) is 15.3. The third-order valence-electron chi connectivity index (χ3n) is 3.08.